The summed E-state index contributed by atoms with van der Waals surface area (Å²) in [5.74, 6) is -1.24. The van der Waals surface area contributed by atoms with Gasteiger partial charge >= 0.3 is 27.9 Å². The maximum absolute atomic E-state index is 13.0. The number of guanidine groups is 1. The number of rotatable bonds is 4. The van der Waals surface area contributed by atoms with Crippen LogP contribution in [-0.4, -0.2) is 19.9 Å². The van der Waals surface area contributed by atoms with Gasteiger partial charge in [0.25, 0.3) is 0 Å². The number of hydrogen-bond donors (Lipinski definition) is 2. The van der Waals surface area contributed by atoms with Crippen molar-refractivity contribution in [2.24, 2.45) is 4.99 Å². The van der Waals surface area contributed by atoms with E-state index in [0.29, 0.717) is 5.56 Å². The molecule has 15 heteroatoms. The van der Waals surface area contributed by atoms with E-state index in [2.05, 4.69) is 4.99 Å². The van der Waals surface area contributed by atoms with E-state index in [-0.39, 0.29) is 18.2 Å². The molecule has 0 bridgehead atoms. The summed E-state index contributed by atoms with van der Waals surface area (Å²) in [6.45, 7) is -0.450. The lowest BCUT2D eigenvalue weighted by molar-refractivity contribution is -0.143. The first kappa shape index (κ1) is 25.3. The van der Waals surface area contributed by atoms with Crippen LogP contribution >= 0.6 is 0 Å². The number of halogens is 9. The highest BCUT2D eigenvalue weighted by atomic mass is 32.2. The molecule has 0 saturated heterocycles. The molecule has 176 valence electrons. The number of sulfonamides is 1. The first-order valence-corrected chi connectivity index (χ1v) is 9.71. The molecule has 32 heavy (non-hydrogen) atoms. The Morgan fingerprint density at radius 3 is 1.75 bits per heavy atom. The van der Waals surface area contributed by atoms with E-state index in [9.17, 15) is 47.9 Å². The van der Waals surface area contributed by atoms with E-state index in [4.69, 9.17) is 0 Å². The number of hydrogen-bond acceptors (Lipinski definition) is 3. The van der Waals surface area contributed by atoms with Gasteiger partial charge in [0.1, 0.15) is 0 Å². The van der Waals surface area contributed by atoms with Gasteiger partial charge in [-0.1, -0.05) is 30.3 Å². The van der Waals surface area contributed by atoms with E-state index in [0.717, 1.165) is 4.72 Å². The highest BCUT2D eigenvalue weighted by molar-refractivity contribution is 7.90. The smallest absolute Gasteiger partial charge is 0.326 e. The Kier molecular flexibility index (Phi) is 7.02. The zero-order valence-electron chi connectivity index (χ0n) is 15.4. The standard InChI is InChI=1S/C17H12F9N3O2S/c18-15(19,20)11-6-12(16(21,22)23)8-13(7-11)28-14(29-32(30,31)17(24,25)26)27-9-10-4-2-1-3-5-10/h1-8H,9H2,(H2,27,28,29). The van der Waals surface area contributed by atoms with Crippen molar-refractivity contribution in [3.63, 3.8) is 0 Å². The molecular formula is C17H12F9N3O2S. The van der Waals surface area contributed by atoms with Gasteiger partial charge in [0, 0.05) is 5.69 Å². The zero-order valence-corrected chi connectivity index (χ0v) is 16.2. The van der Waals surface area contributed by atoms with E-state index >= 15 is 0 Å². The van der Waals surface area contributed by atoms with Crippen LogP contribution in [0.25, 0.3) is 0 Å². The number of anilines is 1. The summed E-state index contributed by atoms with van der Waals surface area (Å²) in [5.41, 5.74) is -10.00. The zero-order chi connectivity index (χ0) is 24.4. The van der Waals surface area contributed by atoms with Crippen molar-refractivity contribution >= 4 is 21.7 Å². The molecule has 0 aliphatic carbocycles. The van der Waals surface area contributed by atoms with Crippen molar-refractivity contribution < 1.29 is 47.9 Å². The molecule has 0 aliphatic rings. The van der Waals surface area contributed by atoms with Crippen molar-refractivity contribution in [3.05, 3.63) is 65.2 Å². The normalized spacial score (nSPS) is 13.7. The third-order valence-electron chi connectivity index (χ3n) is 3.65. The van der Waals surface area contributed by atoms with Crippen molar-refractivity contribution in [2.45, 2.75) is 24.4 Å². The topological polar surface area (TPSA) is 70.6 Å². The molecule has 0 aliphatic heterocycles. The Balaban J connectivity index is 2.50. The fourth-order valence-corrected chi connectivity index (χ4v) is 2.69. The van der Waals surface area contributed by atoms with Crippen LogP contribution in [0.4, 0.5) is 45.2 Å². The highest BCUT2D eigenvalue weighted by Gasteiger charge is 2.46. The van der Waals surface area contributed by atoms with Gasteiger partial charge in [-0.25, -0.2) is 9.71 Å². The molecule has 0 unspecified atom stereocenters. The van der Waals surface area contributed by atoms with Crippen LogP contribution in [0.5, 0.6) is 0 Å². The van der Waals surface area contributed by atoms with E-state index in [1.54, 1.807) is 11.4 Å². The second kappa shape index (κ2) is 8.88. The number of aliphatic imine (C=N–C) groups is 1. The summed E-state index contributed by atoms with van der Waals surface area (Å²) in [4.78, 5) is 3.52. The third-order valence-corrected chi connectivity index (χ3v) is 4.72. The summed E-state index contributed by atoms with van der Waals surface area (Å²) >= 11 is 0. The summed E-state index contributed by atoms with van der Waals surface area (Å²) in [7, 11) is -6.09. The number of nitrogens with zero attached hydrogens (tertiary/aromatic N) is 1. The Labute approximate surface area is 175 Å². The molecule has 0 amide bonds. The number of benzene rings is 2. The van der Waals surface area contributed by atoms with Gasteiger partial charge in [-0.15, -0.1) is 0 Å². The van der Waals surface area contributed by atoms with Crippen LogP contribution in [0.15, 0.2) is 53.5 Å². The second-order valence-corrected chi connectivity index (χ2v) is 7.80. The lowest BCUT2D eigenvalue weighted by Crippen LogP contribution is -2.43. The molecule has 0 radical (unpaired) electrons. The molecule has 2 rings (SSSR count). The lowest BCUT2D eigenvalue weighted by atomic mass is 10.1. The Morgan fingerprint density at radius 2 is 1.31 bits per heavy atom. The molecular weight excluding hydrogens is 481 g/mol. The molecule has 0 aromatic heterocycles. The first-order chi connectivity index (χ1) is 14.5. The fraction of sp³-hybridized carbons (Fsp3) is 0.235. The molecule has 5 nitrogen and oxygen atoms in total. The Morgan fingerprint density at radius 1 is 0.812 bits per heavy atom. The monoisotopic (exact) mass is 493 g/mol. The molecule has 2 aromatic carbocycles. The average molecular weight is 493 g/mol. The minimum Gasteiger partial charge on any atom is -0.326 e. The quantitative estimate of drug-likeness (QED) is 0.353. The predicted molar refractivity (Wildman–Crippen MR) is 95.8 cm³/mol. The van der Waals surface area contributed by atoms with E-state index < -0.39 is 57.2 Å². The Hall–Kier alpha value is -2.97. The minimum atomic E-state index is -6.09. The van der Waals surface area contributed by atoms with Crippen molar-refractivity contribution in [2.75, 3.05) is 5.32 Å². The van der Waals surface area contributed by atoms with E-state index in [1.807, 2.05) is 0 Å². The average Bonchev–Trinajstić information content (AvgIpc) is 2.64. The number of nitrogens with one attached hydrogen (secondary N) is 2. The van der Waals surface area contributed by atoms with Crippen molar-refractivity contribution in [3.8, 4) is 0 Å². The molecule has 0 saturated carbocycles. The summed E-state index contributed by atoms with van der Waals surface area (Å²) in [5, 5.41) is 1.76. The van der Waals surface area contributed by atoms with Gasteiger partial charge in [-0.3, -0.25) is 0 Å². The van der Waals surface area contributed by atoms with E-state index in [1.165, 1.54) is 24.3 Å². The minimum absolute atomic E-state index is 0.162. The van der Waals surface area contributed by atoms with Crippen molar-refractivity contribution in [1.29, 1.82) is 0 Å². The first-order valence-electron chi connectivity index (χ1n) is 8.23. The molecule has 0 fully saturated rings. The van der Waals surface area contributed by atoms with Crippen molar-refractivity contribution in [1.82, 2.24) is 4.72 Å². The van der Waals surface area contributed by atoms with Gasteiger partial charge in [-0.2, -0.15) is 47.9 Å². The van der Waals surface area contributed by atoms with Gasteiger partial charge in [-0.05, 0) is 23.8 Å². The van der Waals surface area contributed by atoms with Crippen LogP contribution in [0.3, 0.4) is 0 Å². The highest BCUT2D eigenvalue weighted by Crippen LogP contribution is 2.37. The summed E-state index contributed by atoms with van der Waals surface area (Å²) in [6.07, 6.45) is -10.5. The van der Waals surface area contributed by atoms with Gasteiger partial charge < -0.3 is 5.32 Å². The molecule has 0 spiro atoms. The summed E-state index contributed by atoms with van der Waals surface area (Å²) < 4.78 is 140. The molecule has 0 heterocycles. The SMILES string of the molecule is O=S(=O)(NC(=NCc1ccccc1)Nc1cc(C(F)(F)F)cc(C(F)(F)F)c1)C(F)(F)F. The van der Waals surface area contributed by atoms with Crippen LogP contribution < -0.4 is 10.0 Å². The largest absolute Gasteiger partial charge is 0.516 e. The van der Waals surface area contributed by atoms with Gasteiger partial charge in [0.05, 0.1) is 17.7 Å². The van der Waals surface area contributed by atoms with Crippen LogP contribution in [-0.2, 0) is 28.9 Å². The lowest BCUT2D eigenvalue weighted by Gasteiger charge is -2.17. The van der Waals surface area contributed by atoms with Gasteiger partial charge in [0.2, 0.25) is 5.96 Å². The van der Waals surface area contributed by atoms with Gasteiger partial charge in [0.15, 0.2) is 0 Å². The van der Waals surface area contributed by atoms with Crippen LogP contribution in [0.1, 0.15) is 16.7 Å². The summed E-state index contributed by atoms with van der Waals surface area (Å²) in [6, 6.07) is 7.63. The Bertz CT molecular complexity index is 1040. The number of alkyl halides is 9. The predicted octanol–water partition coefficient (Wildman–Crippen LogP) is 5.13. The maximum atomic E-state index is 13.0. The third kappa shape index (κ3) is 6.77. The maximum Gasteiger partial charge on any atom is 0.516 e. The van der Waals surface area contributed by atoms with Crippen LogP contribution in [0.2, 0.25) is 0 Å². The van der Waals surface area contributed by atoms with Crippen LogP contribution in [0, 0.1) is 0 Å². The molecule has 2 N–H and O–H groups in total. The second-order valence-electron chi connectivity index (χ2n) is 6.12. The fourth-order valence-electron chi connectivity index (χ4n) is 2.20. The molecule has 2 aromatic rings. The molecule has 0 atom stereocenters.